The number of esters is 1. The molecule has 2 aromatic carbocycles. The second-order valence-electron chi connectivity index (χ2n) is 5.28. The lowest BCUT2D eigenvalue weighted by Crippen LogP contribution is -2.15. The number of benzene rings is 2. The van der Waals surface area contributed by atoms with Gasteiger partial charge in [0.05, 0.1) is 20.8 Å². The predicted molar refractivity (Wildman–Crippen MR) is 90.4 cm³/mol. The zero-order chi connectivity index (χ0) is 17.8. The number of halogens is 1. The van der Waals surface area contributed by atoms with Crippen LogP contribution in [-0.2, 0) is 22.7 Å². The Morgan fingerprint density at radius 1 is 1.20 bits per heavy atom. The van der Waals surface area contributed by atoms with Crippen molar-refractivity contribution in [2.45, 2.75) is 13.2 Å². The number of methoxy groups -OCH3 is 2. The number of carbonyl (C=O) groups is 1. The number of carbonyl (C=O) groups excluding carboxylic acids is 1. The van der Waals surface area contributed by atoms with Crippen LogP contribution in [0, 0.1) is 0 Å². The molecule has 3 rings (SSSR count). The number of hydrogen-bond acceptors (Lipinski definition) is 6. The lowest BCUT2D eigenvalue weighted by molar-refractivity contribution is -0.0180. The molecule has 2 aromatic rings. The maximum Gasteiger partial charge on any atom is 0.346 e. The monoisotopic (exact) mass is 364 g/mol. The smallest absolute Gasteiger partial charge is 0.346 e. The average Bonchev–Trinajstić information content (AvgIpc) is 2.64. The van der Waals surface area contributed by atoms with Crippen molar-refractivity contribution in [3.05, 3.63) is 52.0 Å². The predicted octanol–water partition coefficient (Wildman–Crippen LogP) is 3.58. The van der Waals surface area contributed by atoms with Crippen LogP contribution in [0.4, 0.5) is 0 Å². The van der Waals surface area contributed by atoms with E-state index in [2.05, 4.69) is 0 Å². The van der Waals surface area contributed by atoms with Gasteiger partial charge in [0.15, 0.2) is 6.79 Å². The van der Waals surface area contributed by atoms with Gasteiger partial charge < -0.3 is 23.7 Å². The molecule has 25 heavy (non-hydrogen) atoms. The van der Waals surface area contributed by atoms with E-state index in [1.807, 2.05) is 0 Å². The summed E-state index contributed by atoms with van der Waals surface area (Å²) in [7, 11) is 2.96. The fourth-order valence-electron chi connectivity index (χ4n) is 2.63. The third-order valence-corrected chi connectivity index (χ3v) is 3.96. The molecule has 0 spiro atoms. The first-order valence-electron chi connectivity index (χ1n) is 7.54. The Balaban J connectivity index is 1.83. The standard InChI is InChI=1S/C18H17ClO6/c1-21-14-4-3-5-15(22-2)16(14)18(20)24-9-12-7-13(19)6-11-8-23-10-25-17(11)12/h3-7H,8-10H2,1-2H3. The van der Waals surface area contributed by atoms with Crippen LogP contribution >= 0.6 is 11.6 Å². The molecule has 6 nitrogen and oxygen atoms in total. The summed E-state index contributed by atoms with van der Waals surface area (Å²) in [6.45, 7) is 0.552. The molecule has 1 aliphatic heterocycles. The molecular weight excluding hydrogens is 348 g/mol. The molecule has 1 aliphatic rings. The zero-order valence-electron chi connectivity index (χ0n) is 13.8. The van der Waals surface area contributed by atoms with Crippen LogP contribution in [0.25, 0.3) is 0 Å². The van der Waals surface area contributed by atoms with Crippen LogP contribution in [0.1, 0.15) is 21.5 Å². The van der Waals surface area contributed by atoms with Crippen molar-refractivity contribution in [3.63, 3.8) is 0 Å². The zero-order valence-corrected chi connectivity index (χ0v) is 14.6. The minimum absolute atomic E-state index is 0.00291. The largest absolute Gasteiger partial charge is 0.496 e. The lowest BCUT2D eigenvalue weighted by Gasteiger charge is -2.21. The third-order valence-electron chi connectivity index (χ3n) is 3.74. The first-order chi connectivity index (χ1) is 12.1. The number of rotatable bonds is 5. The summed E-state index contributed by atoms with van der Waals surface area (Å²) in [4.78, 5) is 12.5. The number of hydrogen-bond donors (Lipinski definition) is 0. The van der Waals surface area contributed by atoms with E-state index in [1.54, 1.807) is 30.3 Å². The summed E-state index contributed by atoms with van der Waals surface area (Å²) in [6.07, 6.45) is 0. The van der Waals surface area contributed by atoms with Crippen molar-refractivity contribution in [2.24, 2.45) is 0 Å². The van der Waals surface area contributed by atoms with E-state index < -0.39 is 5.97 Å². The summed E-state index contributed by atoms with van der Waals surface area (Å²) in [5, 5.41) is 0.522. The molecule has 0 atom stereocenters. The molecule has 0 fully saturated rings. The summed E-state index contributed by atoms with van der Waals surface area (Å²) in [6, 6.07) is 8.54. The van der Waals surface area contributed by atoms with Crippen molar-refractivity contribution < 1.29 is 28.5 Å². The second kappa shape index (κ2) is 7.63. The summed E-state index contributed by atoms with van der Waals surface area (Å²) in [5.74, 6) is 0.828. The van der Waals surface area contributed by atoms with Crippen LogP contribution in [0.3, 0.4) is 0 Å². The minimum Gasteiger partial charge on any atom is -0.496 e. The Kier molecular flexibility index (Phi) is 5.31. The van der Waals surface area contributed by atoms with Crippen molar-refractivity contribution in [3.8, 4) is 17.2 Å². The Morgan fingerprint density at radius 3 is 2.60 bits per heavy atom. The quantitative estimate of drug-likeness (QED) is 0.756. The highest BCUT2D eigenvalue weighted by atomic mass is 35.5. The minimum atomic E-state index is -0.560. The number of ether oxygens (including phenoxy) is 5. The molecule has 0 saturated carbocycles. The molecule has 0 aliphatic carbocycles. The average molecular weight is 365 g/mol. The van der Waals surface area contributed by atoms with E-state index in [9.17, 15) is 4.79 Å². The van der Waals surface area contributed by atoms with Crippen molar-refractivity contribution >= 4 is 17.6 Å². The van der Waals surface area contributed by atoms with Crippen LogP contribution in [0.5, 0.6) is 17.2 Å². The van der Waals surface area contributed by atoms with Crippen LogP contribution in [0.15, 0.2) is 30.3 Å². The van der Waals surface area contributed by atoms with E-state index in [-0.39, 0.29) is 19.0 Å². The molecule has 0 amide bonds. The molecule has 0 saturated heterocycles. The van der Waals surface area contributed by atoms with Gasteiger partial charge in [-0.25, -0.2) is 4.79 Å². The molecule has 7 heteroatoms. The van der Waals surface area contributed by atoms with E-state index in [4.69, 9.17) is 35.3 Å². The summed E-state index contributed by atoms with van der Waals surface area (Å²) < 4.78 is 26.7. The van der Waals surface area contributed by atoms with Gasteiger partial charge in [0.2, 0.25) is 0 Å². The Hall–Kier alpha value is -2.44. The first-order valence-corrected chi connectivity index (χ1v) is 7.91. The summed E-state index contributed by atoms with van der Waals surface area (Å²) in [5.41, 5.74) is 1.72. The summed E-state index contributed by atoms with van der Waals surface area (Å²) >= 11 is 6.12. The van der Waals surface area contributed by atoms with Gasteiger partial charge >= 0.3 is 5.97 Å². The van der Waals surface area contributed by atoms with E-state index in [0.29, 0.717) is 34.4 Å². The maximum atomic E-state index is 12.5. The first kappa shape index (κ1) is 17.4. The van der Waals surface area contributed by atoms with E-state index >= 15 is 0 Å². The third kappa shape index (κ3) is 3.65. The fourth-order valence-corrected chi connectivity index (χ4v) is 2.90. The van der Waals surface area contributed by atoms with Gasteiger partial charge in [-0.05, 0) is 24.3 Å². The molecule has 0 unspecified atom stereocenters. The Bertz CT molecular complexity index is 767. The van der Waals surface area contributed by atoms with Gasteiger partial charge in [-0.15, -0.1) is 0 Å². The highest BCUT2D eigenvalue weighted by molar-refractivity contribution is 6.30. The van der Waals surface area contributed by atoms with Crippen LogP contribution < -0.4 is 14.2 Å². The fraction of sp³-hybridized carbons (Fsp3) is 0.278. The normalized spacial score (nSPS) is 12.8. The number of fused-ring (bicyclic) bond motifs is 1. The van der Waals surface area contributed by atoms with Gasteiger partial charge in [0.25, 0.3) is 0 Å². The van der Waals surface area contributed by atoms with Crippen molar-refractivity contribution in [2.75, 3.05) is 21.0 Å². The van der Waals surface area contributed by atoms with E-state index in [0.717, 1.165) is 5.56 Å². The molecule has 0 radical (unpaired) electrons. The van der Waals surface area contributed by atoms with Gasteiger partial charge in [-0.3, -0.25) is 0 Å². The Labute approximate surface area is 150 Å². The molecule has 0 N–H and O–H groups in total. The van der Waals surface area contributed by atoms with Gasteiger partial charge in [0, 0.05) is 16.1 Å². The lowest BCUT2D eigenvalue weighted by atomic mass is 10.1. The van der Waals surface area contributed by atoms with Gasteiger partial charge in [-0.1, -0.05) is 17.7 Å². The highest BCUT2D eigenvalue weighted by Crippen LogP contribution is 2.33. The van der Waals surface area contributed by atoms with Gasteiger partial charge in [0.1, 0.15) is 29.4 Å². The Morgan fingerprint density at radius 2 is 1.92 bits per heavy atom. The molecule has 132 valence electrons. The molecule has 1 heterocycles. The van der Waals surface area contributed by atoms with Crippen molar-refractivity contribution in [1.82, 2.24) is 0 Å². The van der Waals surface area contributed by atoms with Gasteiger partial charge in [-0.2, -0.15) is 0 Å². The van der Waals surface area contributed by atoms with Crippen LogP contribution in [-0.4, -0.2) is 27.0 Å². The van der Waals surface area contributed by atoms with E-state index in [1.165, 1.54) is 14.2 Å². The van der Waals surface area contributed by atoms with Crippen molar-refractivity contribution in [1.29, 1.82) is 0 Å². The highest BCUT2D eigenvalue weighted by Gasteiger charge is 2.22. The second-order valence-corrected chi connectivity index (χ2v) is 5.71. The maximum absolute atomic E-state index is 12.5. The topological polar surface area (TPSA) is 63.2 Å². The van der Waals surface area contributed by atoms with Crippen LogP contribution in [0.2, 0.25) is 5.02 Å². The molecular formula is C18H17ClO6. The molecule has 0 aromatic heterocycles. The SMILES string of the molecule is COc1cccc(OC)c1C(=O)OCc1cc(Cl)cc2c1OCOC2. The molecule has 0 bridgehead atoms.